The lowest BCUT2D eigenvalue weighted by Crippen LogP contribution is -2.51. The largest absolute Gasteiger partial charge is 0.369 e. The summed E-state index contributed by atoms with van der Waals surface area (Å²) >= 11 is 12.3. The van der Waals surface area contributed by atoms with Crippen molar-refractivity contribution in [3.63, 3.8) is 0 Å². The molecule has 0 aromatic heterocycles. The standard InChI is InChI=1S/C25H30Cl2N2O3/c1-15(2)11-20(24(3,4)5)22(30)32-29-25(14-16-7-6-8-17(26)12-16)19-10-9-18(27)13-21(19)28-23(25)31/h6-10,12-13,15,20,29H,11,14H2,1-5H3,(H,28,31)/t20-,25?/m1/s1. The van der Waals surface area contributed by atoms with E-state index in [9.17, 15) is 9.59 Å². The lowest BCUT2D eigenvalue weighted by Gasteiger charge is -2.33. The SMILES string of the molecule is CC(C)C[C@H](C(=O)ONC1(Cc2cccc(Cl)c2)C(=O)Nc2cc(Cl)ccc21)C(C)(C)C. The molecule has 1 aliphatic heterocycles. The van der Waals surface area contributed by atoms with Gasteiger partial charge in [-0.15, -0.1) is 5.48 Å². The van der Waals surface area contributed by atoms with Crippen LogP contribution in [0.2, 0.25) is 10.0 Å². The van der Waals surface area contributed by atoms with E-state index >= 15 is 0 Å². The highest BCUT2D eigenvalue weighted by Crippen LogP contribution is 2.40. The second kappa shape index (κ2) is 9.42. The predicted molar refractivity (Wildman–Crippen MR) is 129 cm³/mol. The van der Waals surface area contributed by atoms with E-state index in [1.54, 1.807) is 30.3 Å². The van der Waals surface area contributed by atoms with E-state index in [1.165, 1.54) is 0 Å². The van der Waals surface area contributed by atoms with Crippen LogP contribution in [-0.4, -0.2) is 11.9 Å². The summed E-state index contributed by atoms with van der Waals surface area (Å²) in [5.41, 5.74) is 3.35. The number of halogens is 2. The number of anilines is 1. The number of benzene rings is 2. The Morgan fingerprint density at radius 3 is 2.44 bits per heavy atom. The van der Waals surface area contributed by atoms with Gasteiger partial charge in [0, 0.05) is 27.7 Å². The maximum Gasteiger partial charge on any atom is 0.328 e. The van der Waals surface area contributed by atoms with Crippen LogP contribution < -0.4 is 10.8 Å². The molecule has 1 heterocycles. The number of nitrogens with one attached hydrogen (secondary N) is 2. The van der Waals surface area contributed by atoms with Crippen molar-refractivity contribution in [2.75, 3.05) is 5.32 Å². The first-order valence-electron chi connectivity index (χ1n) is 10.8. The van der Waals surface area contributed by atoms with E-state index in [0.29, 0.717) is 33.6 Å². The highest BCUT2D eigenvalue weighted by Gasteiger charge is 2.49. The first-order chi connectivity index (χ1) is 14.9. The Morgan fingerprint density at radius 2 is 1.81 bits per heavy atom. The van der Waals surface area contributed by atoms with Crippen LogP contribution in [0.1, 0.15) is 52.2 Å². The molecule has 0 saturated carbocycles. The van der Waals surface area contributed by atoms with Gasteiger partial charge in [0.05, 0.1) is 5.92 Å². The molecule has 1 unspecified atom stereocenters. The van der Waals surface area contributed by atoms with E-state index in [1.807, 2.05) is 32.9 Å². The van der Waals surface area contributed by atoms with Gasteiger partial charge in [-0.3, -0.25) is 9.59 Å². The fraction of sp³-hybridized carbons (Fsp3) is 0.440. The van der Waals surface area contributed by atoms with Gasteiger partial charge in [0.25, 0.3) is 5.91 Å². The van der Waals surface area contributed by atoms with Gasteiger partial charge >= 0.3 is 5.97 Å². The number of hydrogen-bond donors (Lipinski definition) is 2. The Balaban J connectivity index is 1.96. The van der Waals surface area contributed by atoms with Crippen molar-refractivity contribution < 1.29 is 14.4 Å². The van der Waals surface area contributed by atoms with Gasteiger partial charge in [0.1, 0.15) is 0 Å². The van der Waals surface area contributed by atoms with Crippen LogP contribution in [0.4, 0.5) is 5.69 Å². The van der Waals surface area contributed by atoms with Crippen molar-refractivity contribution in [3.05, 3.63) is 63.6 Å². The summed E-state index contributed by atoms with van der Waals surface area (Å²) in [4.78, 5) is 32.1. The molecule has 2 N–H and O–H groups in total. The minimum Gasteiger partial charge on any atom is -0.369 e. The highest BCUT2D eigenvalue weighted by atomic mass is 35.5. The molecular weight excluding hydrogens is 447 g/mol. The fourth-order valence-corrected chi connectivity index (χ4v) is 4.48. The maximum atomic E-state index is 13.3. The molecule has 3 rings (SSSR count). The van der Waals surface area contributed by atoms with Crippen molar-refractivity contribution in [3.8, 4) is 0 Å². The first-order valence-corrected chi connectivity index (χ1v) is 11.5. The zero-order valence-corrected chi connectivity index (χ0v) is 20.6. The normalized spacial score (nSPS) is 18.9. The Morgan fingerprint density at radius 1 is 1.12 bits per heavy atom. The molecular formula is C25H30Cl2N2O3. The highest BCUT2D eigenvalue weighted by molar-refractivity contribution is 6.31. The molecule has 172 valence electrons. The Labute approximate surface area is 199 Å². The molecule has 0 saturated heterocycles. The van der Waals surface area contributed by atoms with Gasteiger partial charge in [0.15, 0.2) is 5.54 Å². The number of fused-ring (bicyclic) bond motifs is 1. The molecule has 0 bridgehead atoms. The van der Waals surface area contributed by atoms with Crippen LogP contribution in [-0.2, 0) is 26.4 Å². The summed E-state index contributed by atoms with van der Waals surface area (Å²) < 4.78 is 0. The second-order valence-corrected chi connectivity index (χ2v) is 10.8. The average Bonchev–Trinajstić information content (AvgIpc) is 2.94. The molecule has 5 nitrogen and oxygen atoms in total. The van der Waals surface area contributed by atoms with E-state index in [-0.39, 0.29) is 29.6 Å². The topological polar surface area (TPSA) is 67.4 Å². The molecule has 1 aliphatic rings. The summed E-state index contributed by atoms with van der Waals surface area (Å²) in [6, 6.07) is 12.5. The molecule has 2 aromatic carbocycles. The monoisotopic (exact) mass is 476 g/mol. The van der Waals surface area contributed by atoms with E-state index in [4.69, 9.17) is 28.0 Å². The van der Waals surface area contributed by atoms with Crippen molar-refractivity contribution in [2.45, 2.75) is 53.0 Å². The Bertz CT molecular complexity index is 1020. The summed E-state index contributed by atoms with van der Waals surface area (Å²) in [6.07, 6.45) is 0.926. The Kier molecular flexibility index (Phi) is 7.23. The van der Waals surface area contributed by atoms with E-state index in [0.717, 1.165) is 5.56 Å². The van der Waals surface area contributed by atoms with Gasteiger partial charge in [-0.25, -0.2) is 0 Å². The van der Waals surface area contributed by atoms with E-state index < -0.39 is 5.54 Å². The zero-order valence-electron chi connectivity index (χ0n) is 19.1. The zero-order chi connectivity index (χ0) is 23.7. The minimum atomic E-state index is -1.31. The molecule has 0 spiro atoms. The van der Waals surface area contributed by atoms with Crippen LogP contribution in [0.25, 0.3) is 0 Å². The lowest BCUT2D eigenvalue weighted by molar-refractivity contribution is -0.167. The molecule has 0 aliphatic carbocycles. The maximum absolute atomic E-state index is 13.3. The smallest absolute Gasteiger partial charge is 0.328 e. The molecule has 32 heavy (non-hydrogen) atoms. The average molecular weight is 477 g/mol. The van der Waals surface area contributed by atoms with Gasteiger partial charge in [-0.05, 0) is 47.6 Å². The van der Waals surface area contributed by atoms with Gasteiger partial charge in [-0.2, -0.15) is 0 Å². The van der Waals surface area contributed by atoms with Crippen LogP contribution >= 0.6 is 23.2 Å². The van der Waals surface area contributed by atoms with Crippen molar-refractivity contribution in [1.29, 1.82) is 0 Å². The van der Waals surface area contributed by atoms with E-state index in [2.05, 4.69) is 24.6 Å². The van der Waals surface area contributed by atoms with Crippen LogP contribution in [0.3, 0.4) is 0 Å². The summed E-state index contributed by atoms with van der Waals surface area (Å²) in [5, 5.41) is 3.94. The molecule has 0 fully saturated rings. The molecule has 2 atom stereocenters. The number of hydrogen-bond acceptors (Lipinski definition) is 4. The molecule has 0 radical (unpaired) electrons. The molecule has 2 aromatic rings. The lowest BCUT2D eigenvalue weighted by atomic mass is 9.76. The fourth-order valence-electron chi connectivity index (χ4n) is 4.09. The number of amides is 1. The first kappa shape index (κ1) is 24.6. The molecule has 7 heteroatoms. The van der Waals surface area contributed by atoms with Crippen LogP contribution in [0.15, 0.2) is 42.5 Å². The van der Waals surface area contributed by atoms with Gasteiger partial charge in [-0.1, -0.05) is 76.0 Å². The number of carbonyl (C=O) groups excluding carboxylic acids is 2. The summed E-state index contributed by atoms with van der Waals surface area (Å²) in [7, 11) is 0. The third-order valence-corrected chi connectivity index (χ3v) is 6.27. The number of carbonyl (C=O) groups is 2. The number of rotatable bonds is 7. The van der Waals surface area contributed by atoms with Crippen molar-refractivity contribution in [1.82, 2.24) is 5.48 Å². The van der Waals surface area contributed by atoms with Gasteiger partial charge < -0.3 is 10.2 Å². The second-order valence-electron chi connectivity index (χ2n) is 9.93. The Hall–Kier alpha value is -2.08. The number of hydroxylamine groups is 1. The summed E-state index contributed by atoms with van der Waals surface area (Å²) in [6.45, 7) is 10.2. The van der Waals surface area contributed by atoms with Crippen molar-refractivity contribution >= 4 is 40.8 Å². The molecule has 1 amide bonds. The third kappa shape index (κ3) is 5.28. The quantitative estimate of drug-likeness (QED) is 0.470. The third-order valence-electron chi connectivity index (χ3n) is 5.80. The van der Waals surface area contributed by atoms with Crippen molar-refractivity contribution in [2.24, 2.45) is 17.3 Å². The minimum absolute atomic E-state index is 0.242. The van der Waals surface area contributed by atoms with Crippen LogP contribution in [0.5, 0.6) is 0 Å². The van der Waals surface area contributed by atoms with Crippen LogP contribution in [0, 0.1) is 17.3 Å². The summed E-state index contributed by atoms with van der Waals surface area (Å²) in [5.74, 6) is -0.706. The predicted octanol–water partition coefficient (Wildman–Crippen LogP) is 6.14. The van der Waals surface area contributed by atoms with Gasteiger partial charge in [0.2, 0.25) is 0 Å².